The van der Waals surface area contributed by atoms with E-state index in [2.05, 4.69) is 19.7 Å². The third kappa shape index (κ3) is 5.15. The zero-order valence-electron chi connectivity index (χ0n) is 17.5. The third-order valence-corrected chi connectivity index (χ3v) is 5.97. The molecule has 2 aromatic heterocycles. The van der Waals surface area contributed by atoms with Gasteiger partial charge in [-0.2, -0.15) is 0 Å². The summed E-state index contributed by atoms with van der Waals surface area (Å²) in [7, 11) is 0. The average molecular weight is 503 g/mol. The third-order valence-electron chi connectivity index (χ3n) is 5.09. The zero-order valence-corrected chi connectivity index (χ0v) is 19.0. The molecule has 0 saturated heterocycles. The lowest BCUT2D eigenvalue weighted by atomic mass is 9.98. The number of halogens is 3. The first-order valence-electron chi connectivity index (χ1n) is 10.1. The van der Waals surface area contributed by atoms with Gasteiger partial charge in [-0.15, -0.1) is 0 Å². The second kappa shape index (κ2) is 10.4. The Bertz CT molecular complexity index is 1410. The molecule has 0 aliphatic rings. The van der Waals surface area contributed by atoms with Gasteiger partial charge in [0.2, 0.25) is 11.3 Å². The fraction of sp³-hybridized carbons (Fsp3) is 0.130. The van der Waals surface area contributed by atoms with Crippen molar-refractivity contribution in [1.29, 1.82) is 0 Å². The van der Waals surface area contributed by atoms with Crippen LogP contribution in [0.1, 0.15) is 27.9 Å². The molecule has 0 aliphatic heterocycles. The van der Waals surface area contributed by atoms with Gasteiger partial charge in [-0.1, -0.05) is 11.6 Å². The van der Waals surface area contributed by atoms with Gasteiger partial charge in [0, 0.05) is 30.1 Å². The van der Waals surface area contributed by atoms with E-state index in [0.717, 1.165) is 11.6 Å². The fourth-order valence-electron chi connectivity index (χ4n) is 3.43. The Morgan fingerprint density at radius 1 is 1.12 bits per heavy atom. The van der Waals surface area contributed by atoms with Gasteiger partial charge in [-0.05, 0) is 54.8 Å². The Labute approximate surface area is 200 Å². The van der Waals surface area contributed by atoms with Gasteiger partial charge in [0.05, 0.1) is 33.5 Å². The van der Waals surface area contributed by atoms with E-state index in [-0.39, 0.29) is 29.1 Å². The molecule has 1 atom stereocenters. The maximum absolute atomic E-state index is 14.7. The number of hydrogen-bond donors (Lipinski definition) is 2. The quantitative estimate of drug-likeness (QED) is 0.159. The van der Waals surface area contributed by atoms with Crippen molar-refractivity contribution in [3.05, 3.63) is 88.3 Å². The molecule has 34 heavy (non-hydrogen) atoms. The van der Waals surface area contributed by atoms with Gasteiger partial charge in [0.1, 0.15) is 0 Å². The van der Waals surface area contributed by atoms with E-state index in [4.69, 9.17) is 16.2 Å². The summed E-state index contributed by atoms with van der Waals surface area (Å²) >= 11 is 4.12. The van der Waals surface area contributed by atoms with Gasteiger partial charge < -0.3 is 0 Å². The van der Waals surface area contributed by atoms with E-state index in [1.807, 2.05) is 0 Å². The lowest BCUT2D eigenvalue weighted by molar-refractivity contribution is 0.103. The molecule has 2 heterocycles. The number of aryl methyl sites for hydroxylation is 1. The summed E-state index contributed by atoms with van der Waals surface area (Å²) in [5, 5.41) is -0.203. The van der Waals surface area contributed by atoms with Crippen molar-refractivity contribution in [1.82, 2.24) is 19.7 Å². The van der Waals surface area contributed by atoms with E-state index in [0.29, 0.717) is 23.1 Å². The van der Waals surface area contributed by atoms with Crippen molar-refractivity contribution < 1.29 is 22.3 Å². The molecule has 0 fully saturated rings. The predicted molar refractivity (Wildman–Crippen MR) is 125 cm³/mol. The molecule has 0 bridgehead atoms. The molecule has 0 spiro atoms. The number of nitrogens with zero attached hydrogens (tertiary/aromatic N) is 3. The number of pyridine rings is 1. The molecule has 0 radical (unpaired) electrons. The molecule has 0 aliphatic carbocycles. The van der Waals surface area contributed by atoms with Crippen molar-refractivity contribution in [2.24, 2.45) is 0 Å². The number of ketones is 1. The summed E-state index contributed by atoms with van der Waals surface area (Å²) < 4.78 is 50.7. The number of hydrogen-bond acceptors (Lipinski definition) is 5. The Hall–Kier alpha value is -3.18. The number of fused-ring (bicyclic) bond motifs is 1. The summed E-state index contributed by atoms with van der Waals surface area (Å²) in [6.07, 6.45) is 5.31. The number of benzene rings is 2. The molecule has 2 aromatic carbocycles. The van der Waals surface area contributed by atoms with Crippen LogP contribution in [0.3, 0.4) is 0 Å². The van der Waals surface area contributed by atoms with Crippen LogP contribution in [0.4, 0.5) is 8.78 Å². The lowest BCUT2D eigenvalue weighted by Gasteiger charge is -2.12. The topological polar surface area (TPSA) is 105 Å². The van der Waals surface area contributed by atoms with Gasteiger partial charge >= 0.3 is 0 Å². The molecule has 0 amide bonds. The van der Waals surface area contributed by atoms with Crippen LogP contribution in [0.25, 0.3) is 22.3 Å². The molecule has 174 valence electrons. The molecule has 11 heteroatoms. The first-order valence-corrected chi connectivity index (χ1v) is 11.6. The Kier molecular flexibility index (Phi) is 7.32. The smallest absolute Gasteiger partial charge is 0.231 e. The maximum Gasteiger partial charge on any atom is 0.231 e. The molecule has 0 saturated carbocycles. The first kappa shape index (κ1) is 24.0. The zero-order chi connectivity index (χ0) is 24.2. The summed E-state index contributed by atoms with van der Waals surface area (Å²) in [5.74, 6) is -3.34. The van der Waals surface area contributed by atoms with Gasteiger partial charge in [-0.25, -0.2) is 22.7 Å². The van der Waals surface area contributed by atoms with E-state index >= 15 is 0 Å². The Balaban J connectivity index is 1.68. The molecular formula is C23H17ClF2N4O3S. The molecule has 4 aromatic rings. The van der Waals surface area contributed by atoms with Crippen molar-refractivity contribution in [3.8, 4) is 11.3 Å². The fourth-order valence-corrected chi connectivity index (χ4v) is 4.07. The minimum atomic E-state index is -2.18. The maximum atomic E-state index is 14.7. The van der Waals surface area contributed by atoms with Crippen LogP contribution in [0.5, 0.6) is 0 Å². The number of carbonyl (C=O) groups excluding carboxylic acids is 1. The molecule has 4 rings (SSSR count). The molecule has 7 nitrogen and oxygen atoms in total. The molecular weight excluding hydrogens is 486 g/mol. The first-order chi connectivity index (χ1) is 16.3. The van der Waals surface area contributed by atoms with Crippen molar-refractivity contribution in [2.45, 2.75) is 12.8 Å². The van der Waals surface area contributed by atoms with Crippen molar-refractivity contribution >= 4 is 39.7 Å². The monoisotopic (exact) mass is 502 g/mol. The SMILES string of the molecule is O=C(c1ccc2ncc(-c3ccncc3)nc2c1)c1c(F)c(F)cc(CCCNS(=O)O)c1Cl. The van der Waals surface area contributed by atoms with Gasteiger partial charge in [0.25, 0.3) is 0 Å². The lowest BCUT2D eigenvalue weighted by Crippen LogP contribution is -2.18. The van der Waals surface area contributed by atoms with Crippen molar-refractivity contribution in [2.75, 3.05) is 6.54 Å². The highest BCUT2D eigenvalue weighted by Gasteiger charge is 2.24. The Morgan fingerprint density at radius 2 is 1.88 bits per heavy atom. The van der Waals surface area contributed by atoms with E-state index in [9.17, 15) is 17.8 Å². The average Bonchev–Trinajstić information content (AvgIpc) is 2.84. The Morgan fingerprint density at radius 3 is 2.62 bits per heavy atom. The second-order valence-electron chi connectivity index (χ2n) is 7.29. The normalized spacial score (nSPS) is 12.1. The summed E-state index contributed by atoms with van der Waals surface area (Å²) in [6, 6.07) is 8.93. The standard InChI is InChI=1S/C23H17ClF2N4O3S/c24-21-14(2-1-7-29-34(32)33)10-16(25)22(26)20(21)23(31)15-3-4-17-18(11-15)30-19(12-28-17)13-5-8-27-9-6-13/h3-6,8-12,29H,1-2,7H2,(H,32,33). The van der Waals surface area contributed by atoms with E-state index in [1.54, 1.807) is 36.8 Å². The van der Waals surface area contributed by atoms with Crippen LogP contribution in [0.15, 0.2) is 55.0 Å². The van der Waals surface area contributed by atoms with Crippen LogP contribution < -0.4 is 4.72 Å². The highest BCUT2D eigenvalue weighted by Crippen LogP contribution is 2.30. The summed E-state index contributed by atoms with van der Waals surface area (Å²) in [5.41, 5.74) is 1.98. The number of carbonyl (C=O) groups is 1. The number of nitrogens with one attached hydrogen (secondary N) is 1. The van der Waals surface area contributed by atoms with Crippen LogP contribution in [0.2, 0.25) is 5.02 Å². The predicted octanol–water partition coefficient (Wildman–Crippen LogP) is 4.51. The van der Waals surface area contributed by atoms with Crippen LogP contribution in [-0.4, -0.2) is 36.0 Å². The largest absolute Gasteiger partial charge is 0.294 e. The summed E-state index contributed by atoms with van der Waals surface area (Å²) in [4.78, 5) is 26.0. The minimum Gasteiger partial charge on any atom is -0.294 e. The number of rotatable bonds is 8. The highest BCUT2D eigenvalue weighted by atomic mass is 35.5. The van der Waals surface area contributed by atoms with Crippen LogP contribution in [0, 0.1) is 11.6 Å². The van der Waals surface area contributed by atoms with E-state index in [1.165, 1.54) is 12.1 Å². The number of aromatic nitrogens is 3. The molecule has 2 N–H and O–H groups in total. The van der Waals surface area contributed by atoms with Gasteiger partial charge in [-0.3, -0.25) is 19.3 Å². The van der Waals surface area contributed by atoms with E-state index < -0.39 is 34.2 Å². The van der Waals surface area contributed by atoms with Crippen LogP contribution >= 0.6 is 11.6 Å². The van der Waals surface area contributed by atoms with Crippen molar-refractivity contribution in [3.63, 3.8) is 0 Å². The minimum absolute atomic E-state index is 0.0726. The molecule has 1 unspecified atom stereocenters. The summed E-state index contributed by atoms with van der Waals surface area (Å²) in [6.45, 7) is 0.144. The van der Waals surface area contributed by atoms with Gasteiger partial charge in [0.15, 0.2) is 17.4 Å². The second-order valence-corrected chi connectivity index (χ2v) is 8.46. The highest BCUT2D eigenvalue weighted by molar-refractivity contribution is 7.77. The van der Waals surface area contributed by atoms with Crippen LogP contribution in [-0.2, 0) is 17.7 Å².